The summed E-state index contributed by atoms with van der Waals surface area (Å²) in [5.74, 6) is -0.305. The van der Waals surface area contributed by atoms with Gasteiger partial charge in [-0.05, 0) is 87.2 Å². The highest BCUT2D eigenvalue weighted by Gasteiger charge is 2.42. The molecule has 9 nitrogen and oxygen atoms in total. The number of hydrogen-bond acceptors (Lipinski definition) is 8. The molecule has 218 valence electrons. The van der Waals surface area contributed by atoms with E-state index in [9.17, 15) is 24.2 Å². The zero-order chi connectivity index (χ0) is 28.4. The Balaban J connectivity index is 1.34. The summed E-state index contributed by atoms with van der Waals surface area (Å²) in [4.78, 5) is 34.4. The molecule has 10 heteroatoms. The number of benzene rings is 1. The number of aliphatic hydroxyl groups excluding tert-OH is 2. The molecule has 1 aromatic carbocycles. The Morgan fingerprint density at radius 1 is 1.00 bits per heavy atom. The van der Waals surface area contributed by atoms with Crippen molar-refractivity contribution >= 4 is 11.9 Å². The van der Waals surface area contributed by atoms with Crippen LogP contribution in [0.2, 0.25) is 0 Å². The van der Waals surface area contributed by atoms with E-state index >= 15 is 0 Å². The Labute approximate surface area is 234 Å². The lowest BCUT2D eigenvalue weighted by Crippen LogP contribution is -2.45. The molecule has 2 aliphatic heterocycles. The standard InChI is InChI=1S/C30H40FN3O6/c31-24-3-5-25(6-4-24)39-20-10-28(37)34-16-2-1-11-30(29(38)40-22-27(36)26(35)9-17-34)12-18-33(19-13-30)21-23-7-14-32-15-8-23/h3-8,14-15,26-27,35-36H,1-2,9-13,16-22H2/t26-,27+/m0/s1. The molecule has 0 bridgehead atoms. The predicted molar refractivity (Wildman–Crippen MR) is 146 cm³/mol. The predicted octanol–water partition coefficient (Wildman–Crippen LogP) is 2.94. The number of piperidine rings is 1. The number of halogens is 1. The van der Waals surface area contributed by atoms with Gasteiger partial charge in [-0.25, -0.2) is 4.39 Å². The molecule has 2 aliphatic rings. The number of aromatic nitrogens is 1. The third-order valence-electron chi connectivity index (χ3n) is 8.01. The van der Waals surface area contributed by atoms with Gasteiger partial charge in [0.1, 0.15) is 24.3 Å². The SMILES string of the molecule is O=C(CCOc1ccc(F)cc1)N1CCCCC2(CCN(Cc3ccncc3)CC2)C(=O)OC[C@@H](O)[C@@H](O)CC1. The summed E-state index contributed by atoms with van der Waals surface area (Å²) in [6.45, 7) is 2.92. The fourth-order valence-corrected chi connectivity index (χ4v) is 5.42. The summed E-state index contributed by atoms with van der Waals surface area (Å²) in [7, 11) is 0. The van der Waals surface area contributed by atoms with Gasteiger partial charge in [0.25, 0.3) is 0 Å². The number of likely N-dealkylation sites (tertiary alicyclic amines) is 1. The maximum absolute atomic E-state index is 13.3. The lowest BCUT2D eigenvalue weighted by atomic mass is 9.74. The first-order valence-electron chi connectivity index (χ1n) is 14.2. The van der Waals surface area contributed by atoms with Gasteiger partial charge in [0, 0.05) is 32.0 Å². The summed E-state index contributed by atoms with van der Waals surface area (Å²) in [6.07, 6.45) is 4.90. The van der Waals surface area contributed by atoms with Gasteiger partial charge in [0.05, 0.1) is 24.5 Å². The van der Waals surface area contributed by atoms with E-state index in [2.05, 4.69) is 9.88 Å². The van der Waals surface area contributed by atoms with E-state index in [1.807, 2.05) is 12.1 Å². The fourth-order valence-electron chi connectivity index (χ4n) is 5.42. The summed E-state index contributed by atoms with van der Waals surface area (Å²) >= 11 is 0. The van der Waals surface area contributed by atoms with Crippen molar-refractivity contribution in [2.75, 3.05) is 39.4 Å². The molecule has 2 fully saturated rings. The summed E-state index contributed by atoms with van der Waals surface area (Å²) in [5.41, 5.74) is 0.527. The Kier molecular flexibility index (Phi) is 10.9. The third kappa shape index (κ3) is 8.46. The van der Waals surface area contributed by atoms with E-state index in [0.29, 0.717) is 38.0 Å². The molecule has 1 aromatic heterocycles. The molecule has 3 heterocycles. The van der Waals surface area contributed by atoms with E-state index in [1.54, 1.807) is 17.3 Å². The van der Waals surface area contributed by atoms with Gasteiger partial charge in [-0.3, -0.25) is 19.5 Å². The first-order valence-corrected chi connectivity index (χ1v) is 14.2. The molecule has 40 heavy (non-hydrogen) atoms. The molecular formula is C30H40FN3O6. The molecule has 2 N–H and O–H groups in total. The number of hydrogen-bond donors (Lipinski definition) is 2. The largest absolute Gasteiger partial charge is 0.493 e. The van der Waals surface area contributed by atoms with Crippen LogP contribution in [0.5, 0.6) is 5.75 Å². The third-order valence-corrected chi connectivity index (χ3v) is 8.01. The Morgan fingerprint density at radius 2 is 1.73 bits per heavy atom. The van der Waals surface area contributed by atoms with Crippen LogP contribution in [0.25, 0.3) is 0 Å². The maximum Gasteiger partial charge on any atom is 0.312 e. The van der Waals surface area contributed by atoms with Crippen molar-refractivity contribution in [3.05, 3.63) is 60.2 Å². The van der Waals surface area contributed by atoms with Crippen LogP contribution in [0, 0.1) is 11.2 Å². The van der Waals surface area contributed by atoms with Crippen LogP contribution in [0.3, 0.4) is 0 Å². The fraction of sp³-hybridized carbons (Fsp3) is 0.567. The molecule has 2 aromatic rings. The molecule has 4 rings (SSSR count). The zero-order valence-electron chi connectivity index (χ0n) is 22.9. The van der Waals surface area contributed by atoms with Crippen molar-refractivity contribution in [3.63, 3.8) is 0 Å². The van der Waals surface area contributed by atoms with E-state index in [4.69, 9.17) is 9.47 Å². The van der Waals surface area contributed by atoms with Gasteiger partial charge >= 0.3 is 5.97 Å². The highest BCUT2D eigenvalue weighted by Crippen LogP contribution is 2.38. The molecule has 2 atom stereocenters. The van der Waals surface area contributed by atoms with Crippen molar-refractivity contribution in [2.45, 2.75) is 63.7 Å². The van der Waals surface area contributed by atoms with Crippen LogP contribution >= 0.6 is 0 Å². The van der Waals surface area contributed by atoms with E-state index < -0.39 is 17.6 Å². The second-order valence-corrected chi connectivity index (χ2v) is 10.8. The van der Waals surface area contributed by atoms with E-state index in [0.717, 1.165) is 26.1 Å². The summed E-state index contributed by atoms with van der Waals surface area (Å²) in [5, 5.41) is 21.0. The summed E-state index contributed by atoms with van der Waals surface area (Å²) in [6, 6.07) is 9.61. The van der Waals surface area contributed by atoms with Gasteiger partial charge in [-0.1, -0.05) is 6.42 Å². The quantitative estimate of drug-likeness (QED) is 0.522. The second kappa shape index (κ2) is 14.5. The number of cyclic esters (lactones) is 1. The first-order chi connectivity index (χ1) is 19.3. The Bertz CT molecular complexity index is 1080. The van der Waals surface area contributed by atoms with Crippen molar-refractivity contribution in [1.29, 1.82) is 0 Å². The first kappa shape index (κ1) is 29.9. The minimum absolute atomic E-state index is 0.120. The van der Waals surface area contributed by atoms with Gasteiger partial charge in [-0.15, -0.1) is 0 Å². The van der Waals surface area contributed by atoms with E-state index in [-0.39, 0.29) is 50.3 Å². The van der Waals surface area contributed by atoms with Crippen LogP contribution in [0.1, 0.15) is 50.5 Å². The van der Waals surface area contributed by atoms with Crippen molar-refractivity contribution in [1.82, 2.24) is 14.8 Å². The Morgan fingerprint density at radius 3 is 2.45 bits per heavy atom. The smallest absolute Gasteiger partial charge is 0.312 e. The monoisotopic (exact) mass is 557 g/mol. The molecule has 0 aliphatic carbocycles. The van der Waals surface area contributed by atoms with Gasteiger partial charge < -0.3 is 24.6 Å². The number of aliphatic hydroxyl groups is 2. The van der Waals surface area contributed by atoms with Crippen LogP contribution in [0.4, 0.5) is 4.39 Å². The number of ether oxygens (including phenoxy) is 2. The van der Waals surface area contributed by atoms with Crippen molar-refractivity contribution in [3.8, 4) is 5.75 Å². The average Bonchev–Trinajstić information content (AvgIpc) is 2.97. The Hall–Kier alpha value is -3.08. The zero-order valence-corrected chi connectivity index (χ0v) is 22.9. The van der Waals surface area contributed by atoms with Gasteiger partial charge in [0.15, 0.2) is 0 Å². The molecular weight excluding hydrogens is 517 g/mol. The van der Waals surface area contributed by atoms with Crippen LogP contribution in [-0.4, -0.2) is 88.5 Å². The molecule has 0 saturated carbocycles. The van der Waals surface area contributed by atoms with Crippen LogP contribution < -0.4 is 4.74 Å². The number of esters is 1. The van der Waals surface area contributed by atoms with Crippen molar-refractivity contribution < 1.29 is 33.7 Å². The van der Waals surface area contributed by atoms with Gasteiger partial charge in [-0.2, -0.15) is 0 Å². The average molecular weight is 558 g/mol. The minimum atomic E-state index is -1.23. The number of carbonyl (C=O) groups excluding carboxylic acids is 2. The molecule has 0 radical (unpaired) electrons. The highest BCUT2D eigenvalue weighted by atomic mass is 19.1. The van der Waals surface area contributed by atoms with Crippen molar-refractivity contribution in [2.24, 2.45) is 5.41 Å². The number of pyridine rings is 1. The molecule has 1 spiro atoms. The normalized spacial score (nSPS) is 23.0. The van der Waals surface area contributed by atoms with E-state index in [1.165, 1.54) is 29.8 Å². The number of carbonyl (C=O) groups is 2. The molecule has 2 saturated heterocycles. The minimum Gasteiger partial charge on any atom is -0.493 e. The van der Waals surface area contributed by atoms with Crippen LogP contribution in [-0.2, 0) is 20.9 Å². The topological polar surface area (TPSA) is 112 Å². The number of rotatable bonds is 6. The number of amides is 1. The van der Waals surface area contributed by atoms with Gasteiger partial charge in [0.2, 0.25) is 5.91 Å². The van der Waals surface area contributed by atoms with Crippen LogP contribution in [0.15, 0.2) is 48.8 Å². The summed E-state index contributed by atoms with van der Waals surface area (Å²) < 4.78 is 24.3. The lowest BCUT2D eigenvalue weighted by molar-refractivity contribution is -0.165. The molecule has 0 unspecified atom stereocenters. The highest BCUT2D eigenvalue weighted by molar-refractivity contribution is 5.77. The maximum atomic E-state index is 13.3. The molecule has 1 amide bonds. The lowest BCUT2D eigenvalue weighted by Gasteiger charge is -2.40. The number of nitrogens with zero attached hydrogens (tertiary/aromatic N) is 3. The second-order valence-electron chi connectivity index (χ2n) is 10.8.